The second-order valence-corrected chi connectivity index (χ2v) is 7.06. The van der Waals surface area contributed by atoms with E-state index in [1.165, 1.54) is 24.3 Å². The molecule has 142 valence electrons. The third-order valence-corrected chi connectivity index (χ3v) is 3.91. The molecule has 0 spiro atoms. The van der Waals surface area contributed by atoms with Crippen LogP contribution >= 0.6 is 0 Å². The van der Waals surface area contributed by atoms with Gasteiger partial charge in [-0.15, -0.1) is 0 Å². The van der Waals surface area contributed by atoms with Gasteiger partial charge in [-0.1, -0.05) is 32.9 Å². The van der Waals surface area contributed by atoms with Crippen molar-refractivity contribution in [2.45, 2.75) is 32.6 Å². The number of nitrogens with one attached hydrogen (secondary N) is 1. The van der Waals surface area contributed by atoms with E-state index < -0.39 is 10.9 Å². The molecule has 0 aliphatic carbocycles. The van der Waals surface area contributed by atoms with Crippen molar-refractivity contribution in [2.75, 3.05) is 6.54 Å². The number of ether oxygens (including phenoxy) is 1. The Hall–Kier alpha value is -3.22. The summed E-state index contributed by atoms with van der Waals surface area (Å²) >= 11 is 0. The van der Waals surface area contributed by atoms with E-state index >= 15 is 0 Å². The third-order valence-electron chi connectivity index (χ3n) is 3.91. The van der Waals surface area contributed by atoms with Crippen LogP contribution in [0.5, 0.6) is 5.75 Å². The Morgan fingerprint density at radius 1 is 1.04 bits per heavy atom. The van der Waals surface area contributed by atoms with Crippen LogP contribution in [0.15, 0.2) is 48.5 Å². The SMILES string of the molecule is CC(C)(C)c1ccc(C(=O)NCCC(=O)Oc2ccc([N+](=O)[O-])cc2)cc1. The lowest BCUT2D eigenvalue weighted by molar-refractivity contribution is -0.384. The van der Waals surface area contributed by atoms with E-state index in [1.54, 1.807) is 12.1 Å². The minimum atomic E-state index is -0.535. The van der Waals surface area contributed by atoms with Crippen molar-refractivity contribution >= 4 is 17.6 Å². The average molecular weight is 370 g/mol. The lowest BCUT2D eigenvalue weighted by atomic mass is 9.87. The topological polar surface area (TPSA) is 98.5 Å². The van der Waals surface area contributed by atoms with Crippen molar-refractivity contribution in [3.63, 3.8) is 0 Å². The molecule has 7 nitrogen and oxygen atoms in total. The number of nitro benzene ring substituents is 1. The predicted molar refractivity (Wildman–Crippen MR) is 101 cm³/mol. The highest BCUT2D eigenvalue weighted by atomic mass is 16.6. The van der Waals surface area contributed by atoms with E-state index in [0.717, 1.165) is 5.56 Å². The van der Waals surface area contributed by atoms with Crippen LogP contribution in [0.4, 0.5) is 5.69 Å². The number of esters is 1. The van der Waals surface area contributed by atoms with Gasteiger partial charge in [0.1, 0.15) is 5.75 Å². The first-order chi connectivity index (χ1) is 12.7. The minimum absolute atomic E-state index is 0.0105. The number of nitrogens with zero attached hydrogens (tertiary/aromatic N) is 1. The Bertz CT molecular complexity index is 821. The number of nitro groups is 1. The van der Waals surface area contributed by atoms with E-state index in [4.69, 9.17) is 4.74 Å². The summed E-state index contributed by atoms with van der Waals surface area (Å²) in [5.74, 6) is -0.583. The molecule has 0 aliphatic heterocycles. The maximum atomic E-state index is 12.1. The molecule has 2 rings (SSSR count). The van der Waals surface area contributed by atoms with Gasteiger partial charge in [0.05, 0.1) is 11.3 Å². The Kier molecular flexibility index (Phi) is 6.28. The highest BCUT2D eigenvalue weighted by Gasteiger charge is 2.14. The second kappa shape index (κ2) is 8.44. The van der Waals surface area contributed by atoms with Gasteiger partial charge in [0.15, 0.2) is 0 Å². The van der Waals surface area contributed by atoms with Crippen LogP contribution in [0.25, 0.3) is 0 Å². The fraction of sp³-hybridized carbons (Fsp3) is 0.300. The summed E-state index contributed by atoms with van der Waals surface area (Å²) in [4.78, 5) is 34.0. The molecule has 0 heterocycles. The number of hydrogen-bond acceptors (Lipinski definition) is 5. The summed E-state index contributed by atoms with van der Waals surface area (Å²) in [5.41, 5.74) is 1.58. The molecule has 0 atom stereocenters. The van der Waals surface area contributed by atoms with E-state index in [2.05, 4.69) is 26.1 Å². The van der Waals surface area contributed by atoms with E-state index in [0.29, 0.717) is 5.56 Å². The molecule has 0 radical (unpaired) electrons. The first-order valence-corrected chi connectivity index (χ1v) is 8.51. The van der Waals surface area contributed by atoms with Gasteiger partial charge in [-0.2, -0.15) is 0 Å². The summed E-state index contributed by atoms with van der Waals surface area (Å²) in [6.45, 7) is 6.42. The molecule has 7 heteroatoms. The molecule has 0 aromatic heterocycles. The van der Waals surface area contributed by atoms with Gasteiger partial charge in [0, 0.05) is 24.2 Å². The maximum Gasteiger partial charge on any atom is 0.312 e. The molecular weight excluding hydrogens is 348 g/mol. The fourth-order valence-electron chi connectivity index (χ4n) is 2.32. The van der Waals surface area contributed by atoms with Gasteiger partial charge in [-0.3, -0.25) is 19.7 Å². The Balaban J connectivity index is 1.80. The van der Waals surface area contributed by atoms with Gasteiger partial charge >= 0.3 is 5.97 Å². The van der Waals surface area contributed by atoms with Crippen molar-refractivity contribution in [1.29, 1.82) is 0 Å². The van der Waals surface area contributed by atoms with Crippen molar-refractivity contribution < 1.29 is 19.2 Å². The fourth-order valence-corrected chi connectivity index (χ4v) is 2.32. The normalized spacial score (nSPS) is 10.9. The quantitative estimate of drug-likeness (QED) is 0.362. The minimum Gasteiger partial charge on any atom is -0.426 e. The van der Waals surface area contributed by atoms with Crippen LogP contribution in [-0.2, 0) is 10.2 Å². The first-order valence-electron chi connectivity index (χ1n) is 8.51. The van der Waals surface area contributed by atoms with Crippen LogP contribution in [-0.4, -0.2) is 23.3 Å². The van der Waals surface area contributed by atoms with Crippen molar-refractivity contribution in [3.8, 4) is 5.75 Å². The third kappa shape index (κ3) is 5.91. The van der Waals surface area contributed by atoms with Gasteiger partial charge < -0.3 is 10.1 Å². The molecule has 0 saturated carbocycles. The number of benzene rings is 2. The summed E-state index contributed by atoms with van der Waals surface area (Å²) in [7, 11) is 0. The van der Waals surface area contributed by atoms with Crippen LogP contribution in [0, 0.1) is 10.1 Å². The Morgan fingerprint density at radius 3 is 2.15 bits per heavy atom. The summed E-state index contributed by atoms with van der Waals surface area (Å²) < 4.78 is 5.08. The first kappa shape index (κ1) is 20.1. The smallest absolute Gasteiger partial charge is 0.312 e. The van der Waals surface area contributed by atoms with Crippen LogP contribution in [0.3, 0.4) is 0 Å². The summed E-state index contributed by atoms with van der Waals surface area (Å²) in [5, 5.41) is 13.3. The highest BCUT2D eigenvalue weighted by molar-refractivity contribution is 5.94. The van der Waals surface area contributed by atoms with Crippen molar-refractivity contribution in [1.82, 2.24) is 5.32 Å². The lowest BCUT2D eigenvalue weighted by Crippen LogP contribution is -2.27. The predicted octanol–water partition coefficient (Wildman–Crippen LogP) is 3.62. The van der Waals surface area contributed by atoms with E-state index in [9.17, 15) is 19.7 Å². The lowest BCUT2D eigenvalue weighted by Gasteiger charge is -2.19. The Morgan fingerprint density at radius 2 is 1.63 bits per heavy atom. The number of carbonyl (C=O) groups excluding carboxylic acids is 2. The molecule has 0 fully saturated rings. The summed E-state index contributed by atoms with van der Waals surface area (Å²) in [6, 6.07) is 12.6. The van der Waals surface area contributed by atoms with Crippen molar-refractivity contribution in [3.05, 3.63) is 69.8 Å². The zero-order chi connectivity index (χ0) is 20.0. The summed E-state index contributed by atoms with van der Waals surface area (Å²) in [6.07, 6.45) is -0.0111. The zero-order valence-corrected chi connectivity index (χ0v) is 15.5. The molecule has 0 unspecified atom stereocenters. The molecule has 1 N–H and O–H groups in total. The van der Waals surface area contributed by atoms with Crippen LogP contribution in [0.1, 0.15) is 43.1 Å². The van der Waals surface area contributed by atoms with E-state index in [1.807, 2.05) is 12.1 Å². The highest BCUT2D eigenvalue weighted by Crippen LogP contribution is 2.22. The van der Waals surface area contributed by atoms with Crippen molar-refractivity contribution in [2.24, 2.45) is 0 Å². The average Bonchev–Trinajstić information content (AvgIpc) is 2.61. The largest absolute Gasteiger partial charge is 0.426 e. The Labute approximate surface area is 157 Å². The van der Waals surface area contributed by atoms with Crippen LogP contribution < -0.4 is 10.1 Å². The standard InChI is InChI=1S/C20H22N2O5/c1-20(2,3)15-6-4-14(5-7-15)19(24)21-13-12-18(23)27-17-10-8-16(9-11-17)22(25)26/h4-11H,12-13H2,1-3H3,(H,21,24). The van der Waals surface area contributed by atoms with Gasteiger partial charge in [0.2, 0.25) is 0 Å². The molecule has 1 amide bonds. The zero-order valence-electron chi connectivity index (χ0n) is 15.5. The number of carbonyl (C=O) groups is 2. The van der Waals surface area contributed by atoms with Gasteiger partial charge in [-0.25, -0.2) is 0 Å². The van der Waals surface area contributed by atoms with Gasteiger partial charge in [-0.05, 0) is 35.2 Å². The number of rotatable bonds is 6. The number of hydrogen-bond donors (Lipinski definition) is 1. The number of non-ortho nitro benzene ring substituents is 1. The second-order valence-electron chi connectivity index (χ2n) is 7.06. The molecule has 27 heavy (non-hydrogen) atoms. The van der Waals surface area contributed by atoms with E-state index in [-0.39, 0.29) is 35.7 Å². The molecular formula is C20H22N2O5. The molecule has 2 aromatic carbocycles. The molecule has 0 aliphatic rings. The number of amides is 1. The van der Waals surface area contributed by atoms with Crippen LogP contribution in [0.2, 0.25) is 0 Å². The maximum absolute atomic E-state index is 12.1. The van der Waals surface area contributed by atoms with Gasteiger partial charge in [0.25, 0.3) is 11.6 Å². The molecule has 0 bridgehead atoms. The molecule has 0 saturated heterocycles. The molecule has 2 aromatic rings. The monoisotopic (exact) mass is 370 g/mol.